The summed E-state index contributed by atoms with van der Waals surface area (Å²) in [5, 5.41) is 2.81. The molecule has 7 nitrogen and oxygen atoms in total. The lowest BCUT2D eigenvalue weighted by molar-refractivity contribution is 0.0203. The van der Waals surface area contributed by atoms with Crippen LogP contribution in [-0.4, -0.2) is 52.1 Å². The van der Waals surface area contributed by atoms with Crippen molar-refractivity contribution in [2.45, 2.75) is 59.0 Å². The Morgan fingerprint density at radius 1 is 1.32 bits per heavy atom. The zero-order chi connectivity index (χ0) is 18.6. The number of carbonyl (C=O) groups excluding carboxylic acids is 2. The fourth-order valence-electron chi connectivity index (χ4n) is 2.89. The van der Waals surface area contributed by atoms with E-state index in [4.69, 9.17) is 4.74 Å². The molecule has 0 radical (unpaired) electrons. The Kier molecular flexibility index (Phi) is 5.98. The molecule has 2 amide bonds. The van der Waals surface area contributed by atoms with Gasteiger partial charge in [0.15, 0.2) is 0 Å². The largest absolute Gasteiger partial charge is 0.444 e. The first-order valence-electron chi connectivity index (χ1n) is 8.81. The van der Waals surface area contributed by atoms with Crippen molar-refractivity contribution in [1.82, 2.24) is 20.2 Å². The first-order valence-corrected chi connectivity index (χ1v) is 8.81. The molecule has 2 rings (SSSR count). The van der Waals surface area contributed by atoms with Gasteiger partial charge in [0.2, 0.25) is 0 Å². The number of rotatable bonds is 3. The van der Waals surface area contributed by atoms with E-state index in [0.717, 1.165) is 18.5 Å². The van der Waals surface area contributed by atoms with Crippen LogP contribution in [0.5, 0.6) is 0 Å². The monoisotopic (exact) mass is 348 g/mol. The van der Waals surface area contributed by atoms with E-state index in [1.807, 2.05) is 34.6 Å². The number of aryl methyl sites for hydroxylation is 1. The highest BCUT2D eigenvalue weighted by atomic mass is 16.6. The molecule has 2 heterocycles. The molecule has 7 heteroatoms. The number of hydrogen-bond acceptors (Lipinski definition) is 5. The van der Waals surface area contributed by atoms with Crippen molar-refractivity contribution in [3.8, 4) is 0 Å². The molecule has 0 atom stereocenters. The first-order chi connectivity index (χ1) is 11.7. The summed E-state index contributed by atoms with van der Waals surface area (Å²) >= 11 is 0. The highest BCUT2D eigenvalue weighted by Gasteiger charge is 2.30. The van der Waals surface area contributed by atoms with Crippen LogP contribution >= 0.6 is 0 Å². The van der Waals surface area contributed by atoms with Gasteiger partial charge >= 0.3 is 6.09 Å². The Hall–Kier alpha value is -2.18. The van der Waals surface area contributed by atoms with Crippen molar-refractivity contribution in [1.29, 1.82) is 0 Å². The van der Waals surface area contributed by atoms with Gasteiger partial charge in [-0.25, -0.2) is 14.8 Å². The van der Waals surface area contributed by atoms with Gasteiger partial charge in [-0.1, -0.05) is 0 Å². The van der Waals surface area contributed by atoms with Crippen LogP contribution in [0.4, 0.5) is 4.79 Å². The number of piperidine rings is 1. The minimum absolute atomic E-state index is 0.137. The average molecular weight is 348 g/mol. The molecule has 0 aromatic carbocycles. The van der Waals surface area contributed by atoms with Gasteiger partial charge in [0, 0.05) is 31.7 Å². The summed E-state index contributed by atoms with van der Waals surface area (Å²) in [7, 11) is 0. The van der Waals surface area contributed by atoms with E-state index in [1.165, 1.54) is 0 Å². The Balaban J connectivity index is 2.09. The van der Waals surface area contributed by atoms with E-state index in [0.29, 0.717) is 31.0 Å². The summed E-state index contributed by atoms with van der Waals surface area (Å²) in [6.45, 7) is 11.0. The van der Waals surface area contributed by atoms with Gasteiger partial charge in [0.05, 0.1) is 11.3 Å². The normalized spacial score (nSPS) is 15.8. The Morgan fingerprint density at radius 2 is 1.96 bits per heavy atom. The lowest BCUT2D eigenvalue weighted by atomic mass is 9.90. The smallest absolute Gasteiger partial charge is 0.410 e. The second-order valence-corrected chi connectivity index (χ2v) is 7.32. The van der Waals surface area contributed by atoms with Gasteiger partial charge in [-0.15, -0.1) is 0 Å². The maximum absolute atomic E-state index is 12.3. The number of carbonyl (C=O) groups is 2. The molecule has 1 N–H and O–H groups in total. The van der Waals surface area contributed by atoms with Crippen LogP contribution in [0.1, 0.15) is 68.3 Å². The Morgan fingerprint density at radius 3 is 2.52 bits per heavy atom. The number of nitrogens with one attached hydrogen (secondary N) is 1. The maximum Gasteiger partial charge on any atom is 0.410 e. The molecule has 1 saturated heterocycles. The first kappa shape index (κ1) is 19.1. The van der Waals surface area contributed by atoms with Crippen LogP contribution in [0, 0.1) is 6.92 Å². The second-order valence-electron chi connectivity index (χ2n) is 7.32. The van der Waals surface area contributed by atoms with E-state index in [2.05, 4.69) is 15.3 Å². The number of likely N-dealkylation sites (tertiary alicyclic amines) is 1. The van der Waals surface area contributed by atoms with Crippen LogP contribution in [0.15, 0.2) is 6.20 Å². The summed E-state index contributed by atoms with van der Waals surface area (Å²) in [4.78, 5) is 34.9. The van der Waals surface area contributed by atoms with Crippen molar-refractivity contribution in [3.63, 3.8) is 0 Å². The summed E-state index contributed by atoms with van der Waals surface area (Å²) in [5.74, 6) is 0.641. The molecule has 0 bridgehead atoms. The van der Waals surface area contributed by atoms with E-state index in [1.54, 1.807) is 11.1 Å². The molecule has 0 saturated carbocycles. The van der Waals surface area contributed by atoms with Crippen molar-refractivity contribution in [2.75, 3.05) is 19.6 Å². The quantitative estimate of drug-likeness (QED) is 0.908. The maximum atomic E-state index is 12.3. The van der Waals surface area contributed by atoms with Gasteiger partial charge in [-0.3, -0.25) is 4.79 Å². The third kappa shape index (κ3) is 5.14. The number of nitrogens with zero attached hydrogens (tertiary/aromatic N) is 3. The third-order valence-corrected chi connectivity index (χ3v) is 4.05. The van der Waals surface area contributed by atoms with Gasteiger partial charge in [0.1, 0.15) is 11.4 Å². The molecular weight excluding hydrogens is 320 g/mol. The van der Waals surface area contributed by atoms with Gasteiger partial charge < -0.3 is 15.0 Å². The fraction of sp³-hybridized carbons (Fsp3) is 0.667. The predicted molar refractivity (Wildman–Crippen MR) is 94.6 cm³/mol. The molecule has 1 aromatic rings. The van der Waals surface area contributed by atoms with E-state index in [9.17, 15) is 9.59 Å². The second kappa shape index (κ2) is 7.80. The van der Waals surface area contributed by atoms with Crippen molar-refractivity contribution < 1.29 is 14.3 Å². The van der Waals surface area contributed by atoms with E-state index in [-0.39, 0.29) is 17.9 Å². The number of ether oxygens (including phenoxy) is 1. The standard InChI is InChI=1S/C18H28N4O3/c1-6-19-16(23)14-11-20-12(2)21-15(14)13-7-9-22(10-8-13)17(24)25-18(3,4)5/h11,13H,6-10H2,1-5H3,(H,19,23). The summed E-state index contributed by atoms with van der Waals surface area (Å²) in [6.07, 6.45) is 2.82. The van der Waals surface area contributed by atoms with Crippen molar-refractivity contribution >= 4 is 12.0 Å². The van der Waals surface area contributed by atoms with Crippen LogP contribution in [-0.2, 0) is 4.74 Å². The summed E-state index contributed by atoms with van der Waals surface area (Å²) in [6, 6.07) is 0. The number of amides is 2. The zero-order valence-corrected chi connectivity index (χ0v) is 15.8. The Labute approximate surface area is 149 Å². The molecule has 1 fully saturated rings. The van der Waals surface area contributed by atoms with Crippen molar-refractivity contribution in [2.24, 2.45) is 0 Å². The Bertz CT molecular complexity index is 632. The van der Waals surface area contributed by atoms with Crippen LogP contribution in [0.25, 0.3) is 0 Å². The molecule has 0 spiro atoms. The fourth-order valence-corrected chi connectivity index (χ4v) is 2.89. The van der Waals surface area contributed by atoms with E-state index >= 15 is 0 Å². The average Bonchev–Trinajstić information content (AvgIpc) is 2.53. The molecule has 1 aliphatic heterocycles. The van der Waals surface area contributed by atoms with Crippen molar-refractivity contribution in [3.05, 3.63) is 23.3 Å². The van der Waals surface area contributed by atoms with Crippen LogP contribution in [0.3, 0.4) is 0 Å². The van der Waals surface area contributed by atoms with Crippen LogP contribution in [0.2, 0.25) is 0 Å². The lowest BCUT2D eigenvalue weighted by Crippen LogP contribution is -2.41. The highest BCUT2D eigenvalue weighted by Crippen LogP contribution is 2.29. The molecule has 1 aromatic heterocycles. The van der Waals surface area contributed by atoms with Gasteiger partial charge in [0.25, 0.3) is 5.91 Å². The van der Waals surface area contributed by atoms with Crippen LogP contribution < -0.4 is 5.32 Å². The highest BCUT2D eigenvalue weighted by molar-refractivity contribution is 5.95. The SMILES string of the molecule is CCNC(=O)c1cnc(C)nc1C1CCN(C(=O)OC(C)(C)C)CC1. The summed E-state index contributed by atoms with van der Waals surface area (Å²) < 4.78 is 5.43. The number of hydrogen-bond donors (Lipinski definition) is 1. The number of aromatic nitrogens is 2. The molecule has 0 aliphatic carbocycles. The molecule has 1 aliphatic rings. The van der Waals surface area contributed by atoms with E-state index < -0.39 is 5.60 Å². The van der Waals surface area contributed by atoms with Gasteiger partial charge in [-0.05, 0) is 47.5 Å². The lowest BCUT2D eigenvalue weighted by Gasteiger charge is -2.33. The topological polar surface area (TPSA) is 84.4 Å². The molecular formula is C18H28N4O3. The molecule has 138 valence electrons. The minimum atomic E-state index is -0.497. The zero-order valence-electron chi connectivity index (χ0n) is 15.8. The minimum Gasteiger partial charge on any atom is -0.444 e. The predicted octanol–water partition coefficient (Wildman–Crippen LogP) is 2.65. The summed E-state index contributed by atoms with van der Waals surface area (Å²) in [5.41, 5.74) is 0.814. The molecule has 25 heavy (non-hydrogen) atoms. The molecule has 0 unspecified atom stereocenters. The third-order valence-electron chi connectivity index (χ3n) is 4.05. The van der Waals surface area contributed by atoms with Gasteiger partial charge in [-0.2, -0.15) is 0 Å².